The van der Waals surface area contributed by atoms with Crippen molar-refractivity contribution in [2.75, 3.05) is 0 Å². The summed E-state index contributed by atoms with van der Waals surface area (Å²) in [6.07, 6.45) is 3.75. The van der Waals surface area contributed by atoms with Gasteiger partial charge in [0.15, 0.2) is 0 Å². The van der Waals surface area contributed by atoms with E-state index in [2.05, 4.69) is 28.2 Å². The van der Waals surface area contributed by atoms with Crippen molar-refractivity contribution >= 4 is 22.6 Å². The minimum atomic E-state index is -0.0417. The first kappa shape index (κ1) is 11.0. The van der Waals surface area contributed by atoms with Crippen LogP contribution in [0.15, 0.2) is 35.3 Å². The Hall–Kier alpha value is -1.17. The van der Waals surface area contributed by atoms with Crippen LogP contribution >= 0.6 is 22.6 Å². The molecule has 2 aromatic rings. The average molecular weight is 338 g/mol. The van der Waals surface area contributed by atoms with Gasteiger partial charge in [0.25, 0.3) is 5.56 Å². The molecule has 0 aliphatic heterocycles. The van der Waals surface area contributed by atoms with Crippen LogP contribution in [0.5, 0.6) is 0 Å². The highest BCUT2D eigenvalue weighted by atomic mass is 127. The number of halogens is 1. The van der Waals surface area contributed by atoms with E-state index in [1.807, 2.05) is 28.7 Å². The van der Waals surface area contributed by atoms with E-state index < -0.39 is 0 Å². The molecule has 3 rings (SSSR count). The predicted molar refractivity (Wildman–Crippen MR) is 74.2 cm³/mol. The van der Waals surface area contributed by atoms with Crippen LogP contribution < -0.4 is 5.56 Å². The van der Waals surface area contributed by atoms with Crippen molar-refractivity contribution in [3.63, 3.8) is 0 Å². The van der Waals surface area contributed by atoms with Crippen LogP contribution in [0.1, 0.15) is 29.3 Å². The minimum absolute atomic E-state index is 0.0417. The topological polar surface area (TPSA) is 45.8 Å². The van der Waals surface area contributed by atoms with Crippen molar-refractivity contribution in [2.45, 2.75) is 18.8 Å². The van der Waals surface area contributed by atoms with Crippen molar-refractivity contribution in [2.24, 2.45) is 0 Å². The van der Waals surface area contributed by atoms with Crippen molar-refractivity contribution in [1.29, 1.82) is 0 Å². The van der Waals surface area contributed by atoms with Gasteiger partial charge in [0.05, 0.1) is 3.57 Å². The second-order valence-corrected chi connectivity index (χ2v) is 5.40. The third kappa shape index (κ3) is 1.90. The number of benzene rings is 1. The molecule has 0 saturated heterocycles. The van der Waals surface area contributed by atoms with Crippen molar-refractivity contribution < 1.29 is 0 Å². The Morgan fingerprint density at radius 3 is 3.00 bits per heavy atom. The van der Waals surface area contributed by atoms with Crippen LogP contribution in [0, 0.1) is 3.57 Å². The Kier molecular flexibility index (Phi) is 2.74. The zero-order valence-electron chi connectivity index (χ0n) is 9.11. The van der Waals surface area contributed by atoms with Crippen LogP contribution in [-0.2, 0) is 6.42 Å². The van der Waals surface area contributed by atoms with Gasteiger partial charge in [-0.05, 0) is 46.6 Å². The van der Waals surface area contributed by atoms with Crippen molar-refractivity contribution in [3.05, 3.63) is 61.3 Å². The van der Waals surface area contributed by atoms with E-state index >= 15 is 0 Å². The molecule has 1 N–H and O–H groups in total. The summed E-state index contributed by atoms with van der Waals surface area (Å²) in [5.41, 5.74) is 2.63. The zero-order chi connectivity index (χ0) is 11.8. The predicted octanol–water partition coefficient (Wildman–Crippen LogP) is 2.45. The molecule has 1 aliphatic rings. The molecule has 1 unspecified atom stereocenters. The Labute approximate surface area is 112 Å². The van der Waals surface area contributed by atoms with Gasteiger partial charge in [-0.3, -0.25) is 4.79 Å². The first-order valence-corrected chi connectivity index (χ1v) is 6.66. The fourth-order valence-corrected chi connectivity index (χ4v) is 2.69. The first-order valence-electron chi connectivity index (χ1n) is 5.58. The van der Waals surface area contributed by atoms with Crippen LogP contribution in [0.3, 0.4) is 0 Å². The molecular weight excluding hydrogens is 327 g/mol. The second kappa shape index (κ2) is 4.25. The second-order valence-electron chi connectivity index (χ2n) is 4.24. The van der Waals surface area contributed by atoms with Gasteiger partial charge in [-0.15, -0.1) is 0 Å². The maximum absolute atomic E-state index is 11.6. The zero-order valence-corrected chi connectivity index (χ0v) is 11.3. The van der Waals surface area contributed by atoms with Gasteiger partial charge in [-0.1, -0.05) is 24.3 Å². The molecule has 0 bridgehead atoms. The number of aromatic amines is 1. The van der Waals surface area contributed by atoms with Gasteiger partial charge in [0, 0.05) is 12.1 Å². The molecular formula is C13H11IN2O. The molecule has 1 atom stereocenters. The van der Waals surface area contributed by atoms with Gasteiger partial charge in [0.2, 0.25) is 0 Å². The molecule has 1 heterocycles. The van der Waals surface area contributed by atoms with E-state index in [0.29, 0.717) is 3.57 Å². The third-order valence-corrected chi connectivity index (χ3v) is 4.01. The molecule has 1 aliphatic carbocycles. The lowest BCUT2D eigenvalue weighted by Gasteiger charge is -2.10. The number of fused-ring (bicyclic) bond motifs is 1. The van der Waals surface area contributed by atoms with E-state index in [9.17, 15) is 4.79 Å². The lowest BCUT2D eigenvalue weighted by atomic mass is 10.0. The maximum atomic E-state index is 11.6. The highest BCUT2D eigenvalue weighted by Crippen LogP contribution is 2.35. The Morgan fingerprint density at radius 2 is 2.18 bits per heavy atom. The summed E-state index contributed by atoms with van der Waals surface area (Å²) in [5, 5.41) is 0. The number of rotatable bonds is 1. The number of hydrogen-bond donors (Lipinski definition) is 1. The van der Waals surface area contributed by atoms with Gasteiger partial charge in [-0.2, -0.15) is 0 Å². The van der Waals surface area contributed by atoms with Crippen molar-refractivity contribution in [3.8, 4) is 0 Å². The molecule has 1 aromatic carbocycles. The summed E-state index contributed by atoms with van der Waals surface area (Å²) < 4.78 is 0.637. The van der Waals surface area contributed by atoms with Gasteiger partial charge >= 0.3 is 0 Å². The van der Waals surface area contributed by atoms with E-state index in [4.69, 9.17) is 0 Å². The molecule has 86 valence electrons. The average Bonchev–Trinajstić information content (AvgIpc) is 2.76. The quantitative estimate of drug-likeness (QED) is 0.812. The highest BCUT2D eigenvalue weighted by Gasteiger charge is 2.25. The fraction of sp³-hybridized carbons (Fsp3) is 0.231. The third-order valence-electron chi connectivity index (χ3n) is 3.24. The number of aromatic nitrogens is 2. The summed E-state index contributed by atoms with van der Waals surface area (Å²) in [6.45, 7) is 0. The Morgan fingerprint density at radius 1 is 1.35 bits per heavy atom. The number of nitrogens with one attached hydrogen (secondary N) is 1. The number of nitrogens with zero attached hydrogens (tertiary/aromatic N) is 1. The molecule has 0 spiro atoms. The monoisotopic (exact) mass is 338 g/mol. The lowest BCUT2D eigenvalue weighted by molar-refractivity contribution is 0.721. The van der Waals surface area contributed by atoms with Gasteiger partial charge in [0.1, 0.15) is 5.82 Å². The molecule has 4 heteroatoms. The molecule has 3 nitrogen and oxygen atoms in total. The number of H-pyrrole nitrogens is 1. The Bertz CT molecular complexity index is 621. The summed E-state index contributed by atoms with van der Waals surface area (Å²) in [6, 6.07) is 8.39. The fourth-order valence-electron chi connectivity index (χ4n) is 2.41. The van der Waals surface area contributed by atoms with E-state index in [-0.39, 0.29) is 11.5 Å². The standard InChI is InChI=1S/C13H11IN2O/c14-11-7-15-12(16-13(11)17)10-6-5-8-3-1-2-4-9(8)10/h1-4,7,10H,5-6H2,(H,15,16,17). The van der Waals surface area contributed by atoms with E-state index in [0.717, 1.165) is 18.7 Å². The van der Waals surface area contributed by atoms with Crippen molar-refractivity contribution in [1.82, 2.24) is 9.97 Å². The summed E-state index contributed by atoms with van der Waals surface area (Å²) in [4.78, 5) is 18.8. The summed E-state index contributed by atoms with van der Waals surface area (Å²) in [5.74, 6) is 1.04. The number of hydrogen-bond acceptors (Lipinski definition) is 2. The lowest BCUT2D eigenvalue weighted by Crippen LogP contribution is -2.16. The molecule has 0 amide bonds. The van der Waals surface area contributed by atoms with E-state index in [1.54, 1.807) is 6.20 Å². The number of aryl methyl sites for hydroxylation is 1. The van der Waals surface area contributed by atoms with Gasteiger partial charge < -0.3 is 4.98 Å². The van der Waals surface area contributed by atoms with Crippen LogP contribution in [0.4, 0.5) is 0 Å². The maximum Gasteiger partial charge on any atom is 0.264 e. The molecule has 0 saturated carbocycles. The largest absolute Gasteiger partial charge is 0.309 e. The minimum Gasteiger partial charge on any atom is -0.309 e. The Balaban J connectivity index is 2.07. The molecule has 0 fully saturated rings. The van der Waals surface area contributed by atoms with Crippen LogP contribution in [0.25, 0.3) is 0 Å². The normalized spacial score (nSPS) is 18.1. The van der Waals surface area contributed by atoms with Crippen LogP contribution in [-0.4, -0.2) is 9.97 Å². The first-order chi connectivity index (χ1) is 8.25. The summed E-state index contributed by atoms with van der Waals surface area (Å²) >= 11 is 2.00. The summed E-state index contributed by atoms with van der Waals surface area (Å²) in [7, 11) is 0. The smallest absolute Gasteiger partial charge is 0.264 e. The molecule has 0 radical (unpaired) electrons. The molecule has 1 aromatic heterocycles. The van der Waals surface area contributed by atoms with E-state index in [1.165, 1.54) is 11.1 Å². The van der Waals surface area contributed by atoms with Gasteiger partial charge in [-0.25, -0.2) is 4.98 Å². The highest BCUT2D eigenvalue weighted by molar-refractivity contribution is 14.1. The molecule has 17 heavy (non-hydrogen) atoms. The van der Waals surface area contributed by atoms with Crippen LogP contribution in [0.2, 0.25) is 0 Å². The SMILES string of the molecule is O=c1[nH]c(C2CCc3ccccc32)ncc1I.